The van der Waals surface area contributed by atoms with Crippen LogP contribution in [0, 0.1) is 5.82 Å². The molecule has 0 N–H and O–H groups in total. The Morgan fingerprint density at radius 1 is 1.31 bits per heavy atom. The third-order valence-corrected chi connectivity index (χ3v) is 2.69. The second-order valence-corrected chi connectivity index (χ2v) is 4.32. The summed E-state index contributed by atoms with van der Waals surface area (Å²) in [6.45, 7) is 0.401. The van der Waals surface area contributed by atoms with E-state index in [1.54, 1.807) is 6.07 Å². The number of hydrogen-bond donors (Lipinski definition) is 0. The van der Waals surface area contributed by atoms with E-state index < -0.39 is 0 Å². The molecule has 0 aliphatic rings. The van der Waals surface area contributed by atoms with Crippen molar-refractivity contribution >= 4 is 43.5 Å². The summed E-state index contributed by atoms with van der Waals surface area (Å²) in [6.07, 6.45) is 0. The Morgan fingerprint density at radius 2 is 2.00 bits per heavy atom. The Morgan fingerprint density at radius 3 is 2.62 bits per heavy atom. The fourth-order valence-corrected chi connectivity index (χ4v) is 1.59. The van der Waals surface area contributed by atoms with Crippen molar-refractivity contribution in [2.75, 3.05) is 12.5 Å². The largest absolute Gasteiger partial charge is 0.491 e. The summed E-state index contributed by atoms with van der Waals surface area (Å²) in [5.74, 6) is 0.653. The third kappa shape index (κ3) is 3.11. The van der Waals surface area contributed by atoms with Gasteiger partial charge in [-0.1, -0.05) is 0 Å². The molecule has 0 spiro atoms. The highest BCUT2D eigenvalue weighted by atomic mass is 79.9. The van der Waals surface area contributed by atoms with Gasteiger partial charge in [0.15, 0.2) is 0 Å². The summed E-state index contributed by atoms with van der Waals surface area (Å²) in [6, 6.07) is 2.90. The predicted molar refractivity (Wildman–Crippen MR) is 58.0 cm³/mol. The van der Waals surface area contributed by atoms with Gasteiger partial charge in [-0.25, -0.2) is 4.39 Å². The van der Waals surface area contributed by atoms with Crippen LogP contribution in [0.25, 0.3) is 0 Å². The fourth-order valence-electron chi connectivity index (χ4n) is 0.763. The van der Waals surface area contributed by atoms with Crippen molar-refractivity contribution in [2.24, 2.45) is 0 Å². The molecule has 0 aliphatic heterocycles. The Balaban J connectivity index is 2.88. The van der Waals surface area contributed by atoms with E-state index in [-0.39, 0.29) is 5.82 Å². The Hall–Kier alpha value is 0.200. The lowest BCUT2D eigenvalue weighted by Crippen LogP contribution is -1.99. The van der Waals surface area contributed by atoms with Gasteiger partial charge in [-0.3, -0.25) is 0 Å². The summed E-state index contributed by atoms with van der Waals surface area (Å²) in [5.41, 5.74) is 0. The third-order valence-electron chi connectivity index (χ3n) is 1.31. The molecule has 1 aromatic rings. The quantitative estimate of drug-likeness (QED) is 0.601. The summed E-state index contributed by atoms with van der Waals surface area (Å²) in [7, 11) is 0. The van der Waals surface area contributed by atoms with Crippen LogP contribution >= 0.6 is 43.5 Å². The van der Waals surface area contributed by atoms with E-state index in [0.29, 0.717) is 27.2 Å². The zero-order chi connectivity index (χ0) is 9.84. The molecule has 0 atom stereocenters. The normalized spacial score (nSPS) is 10.2. The Kier molecular flexibility index (Phi) is 4.49. The van der Waals surface area contributed by atoms with Crippen LogP contribution < -0.4 is 4.74 Å². The fraction of sp³-hybridized carbons (Fsp3) is 0.250. The van der Waals surface area contributed by atoms with Gasteiger partial charge in [0.05, 0.1) is 14.8 Å². The first-order valence-corrected chi connectivity index (χ1v) is 5.60. The highest BCUT2D eigenvalue weighted by molar-refractivity contribution is 9.11. The molecule has 0 radical (unpaired) electrons. The maximum Gasteiger partial charge on any atom is 0.138 e. The number of alkyl halides is 1. The van der Waals surface area contributed by atoms with Crippen LogP contribution in [0.4, 0.5) is 4.39 Å². The summed E-state index contributed by atoms with van der Waals surface area (Å²) >= 11 is 11.7. The van der Waals surface area contributed by atoms with Gasteiger partial charge < -0.3 is 4.74 Å². The van der Waals surface area contributed by atoms with Gasteiger partial charge in [0.25, 0.3) is 0 Å². The second-order valence-electron chi connectivity index (χ2n) is 2.23. The number of ether oxygens (including phenoxy) is 1. The van der Waals surface area contributed by atoms with Gasteiger partial charge in [0.1, 0.15) is 18.2 Å². The molecular weight excluding hydrogens is 326 g/mol. The molecule has 0 saturated heterocycles. The van der Waals surface area contributed by atoms with Crippen LogP contribution in [0.3, 0.4) is 0 Å². The van der Waals surface area contributed by atoms with Crippen LogP contribution in [-0.4, -0.2) is 12.5 Å². The SMILES string of the molecule is Fc1cc(Br)c(OCCCl)cc1Br. The first-order chi connectivity index (χ1) is 6.15. The average molecular weight is 332 g/mol. The van der Waals surface area contributed by atoms with E-state index in [0.717, 1.165) is 0 Å². The zero-order valence-electron chi connectivity index (χ0n) is 6.49. The molecule has 0 aromatic heterocycles. The minimum atomic E-state index is -0.329. The number of halogens is 4. The van der Waals surface area contributed by atoms with Gasteiger partial charge >= 0.3 is 0 Å². The van der Waals surface area contributed by atoms with E-state index in [1.165, 1.54) is 6.07 Å². The lowest BCUT2D eigenvalue weighted by molar-refractivity contribution is 0.339. The van der Waals surface area contributed by atoms with Crippen LogP contribution in [0.2, 0.25) is 0 Å². The molecule has 13 heavy (non-hydrogen) atoms. The topological polar surface area (TPSA) is 9.23 Å². The van der Waals surface area contributed by atoms with Crippen molar-refractivity contribution in [2.45, 2.75) is 0 Å². The Bertz CT molecular complexity index is 306. The number of benzene rings is 1. The van der Waals surface area contributed by atoms with E-state index >= 15 is 0 Å². The lowest BCUT2D eigenvalue weighted by atomic mass is 10.3. The molecular formula is C8H6Br2ClFO. The smallest absolute Gasteiger partial charge is 0.138 e. The second kappa shape index (κ2) is 5.17. The van der Waals surface area contributed by atoms with Gasteiger partial charge in [-0.05, 0) is 44.0 Å². The first-order valence-electron chi connectivity index (χ1n) is 3.48. The average Bonchev–Trinajstić information content (AvgIpc) is 2.09. The molecule has 0 heterocycles. The Labute approximate surface area is 97.5 Å². The molecule has 0 amide bonds. The van der Waals surface area contributed by atoms with Gasteiger partial charge in [-0.2, -0.15) is 0 Å². The number of rotatable bonds is 3. The monoisotopic (exact) mass is 330 g/mol. The van der Waals surface area contributed by atoms with E-state index in [2.05, 4.69) is 31.9 Å². The minimum Gasteiger partial charge on any atom is -0.491 e. The van der Waals surface area contributed by atoms with Crippen molar-refractivity contribution in [1.82, 2.24) is 0 Å². The summed E-state index contributed by atoms with van der Waals surface area (Å²) < 4.78 is 19.1. The van der Waals surface area contributed by atoms with Crippen LogP contribution in [0.5, 0.6) is 5.75 Å². The maximum absolute atomic E-state index is 12.9. The maximum atomic E-state index is 12.9. The first kappa shape index (κ1) is 11.3. The summed E-state index contributed by atoms with van der Waals surface area (Å²) in [5, 5.41) is 0. The standard InChI is InChI=1S/C8H6Br2ClFO/c9-5-4-8(13-2-1-11)6(10)3-7(5)12/h3-4H,1-2H2. The molecule has 1 nitrogen and oxygen atoms in total. The molecule has 5 heteroatoms. The highest BCUT2D eigenvalue weighted by Gasteiger charge is 2.06. The molecule has 0 saturated carbocycles. The van der Waals surface area contributed by atoms with Crippen LogP contribution in [0.1, 0.15) is 0 Å². The predicted octanol–water partition coefficient (Wildman–Crippen LogP) is 3.97. The summed E-state index contributed by atoms with van der Waals surface area (Å²) in [4.78, 5) is 0. The molecule has 72 valence electrons. The van der Waals surface area contributed by atoms with Gasteiger partial charge in [0, 0.05) is 0 Å². The van der Waals surface area contributed by atoms with Crippen molar-refractivity contribution in [3.05, 3.63) is 26.9 Å². The van der Waals surface area contributed by atoms with Crippen LogP contribution in [0.15, 0.2) is 21.1 Å². The van der Waals surface area contributed by atoms with Crippen molar-refractivity contribution in [1.29, 1.82) is 0 Å². The zero-order valence-corrected chi connectivity index (χ0v) is 10.4. The number of hydrogen-bond acceptors (Lipinski definition) is 1. The molecule has 1 rings (SSSR count). The van der Waals surface area contributed by atoms with Gasteiger partial charge in [0.2, 0.25) is 0 Å². The highest BCUT2D eigenvalue weighted by Crippen LogP contribution is 2.30. The van der Waals surface area contributed by atoms with E-state index in [9.17, 15) is 4.39 Å². The van der Waals surface area contributed by atoms with Crippen molar-refractivity contribution in [3.8, 4) is 5.75 Å². The molecule has 1 aromatic carbocycles. The van der Waals surface area contributed by atoms with E-state index in [1.807, 2.05) is 0 Å². The minimum absolute atomic E-state index is 0.329. The molecule has 0 unspecified atom stereocenters. The van der Waals surface area contributed by atoms with Crippen molar-refractivity contribution < 1.29 is 9.13 Å². The molecule has 0 aliphatic carbocycles. The van der Waals surface area contributed by atoms with E-state index in [4.69, 9.17) is 16.3 Å². The molecule has 0 bridgehead atoms. The lowest BCUT2D eigenvalue weighted by Gasteiger charge is -2.07. The van der Waals surface area contributed by atoms with Gasteiger partial charge in [-0.15, -0.1) is 11.6 Å². The molecule has 0 fully saturated rings. The van der Waals surface area contributed by atoms with Crippen molar-refractivity contribution in [3.63, 3.8) is 0 Å². The van der Waals surface area contributed by atoms with Crippen LogP contribution in [-0.2, 0) is 0 Å².